The fraction of sp³-hybridized carbons (Fsp3) is 0.533. The van der Waals surface area contributed by atoms with Gasteiger partial charge in [0.15, 0.2) is 5.82 Å². The summed E-state index contributed by atoms with van der Waals surface area (Å²) < 4.78 is 2.09. The SMILES string of the molecule is CN1CCC(N(C)c2nc3ccccn3c2CCl)CC1. The van der Waals surface area contributed by atoms with Crippen LogP contribution in [0.4, 0.5) is 5.82 Å². The molecule has 0 radical (unpaired) electrons. The molecular weight excluding hydrogens is 272 g/mol. The highest BCUT2D eigenvalue weighted by molar-refractivity contribution is 6.17. The van der Waals surface area contributed by atoms with Crippen molar-refractivity contribution in [2.75, 3.05) is 32.1 Å². The van der Waals surface area contributed by atoms with E-state index < -0.39 is 0 Å². The number of aromatic nitrogens is 2. The number of likely N-dealkylation sites (tertiary alicyclic amines) is 1. The molecule has 20 heavy (non-hydrogen) atoms. The lowest BCUT2D eigenvalue weighted by Gasteiger charge is -2.35. The van der Waals surface area contributed by atoms with Crippen LogP contribution in [0.15, 0.2) is 24.4 Å². The first-order chi connectivity index (χ1) is 9.70. The normalized spacial score (nSPS) is 17.8. The molecule has 0 spiro atoms. The molecule has 2 aromatic heterocycles. The van der Waals surface area contributed by atoms with E-state index in [0.29, 0.717) is 11.9 Å². The molecule has 0 unspecified atom stereocenters. The van der Waals surface area contributed by atoms with Crippen molar-refractivity contribution in [3.8, 4) is 0 Å². The van der Waals surface area contributed by atoms with Crippen LogP contribution in [0.25, 0.3) is 5.65 Å². The van der Waals surface area contributed by atoms with Crippen LogP contribution in [0.3, 0.4) is 0 Å². The summed E-state index contributed by atoms with van der Waals surface area (Å²) >= 11 is 6.16. The first-order valence-corrected chi connectivity index (χ1v) is 7.67. The van der Waals surface area contributed by atoms with E-state index in [1.54, 1.807) is 0 Å². The zero-order valence-electron chi connectivity index (χ0n) is 12.1. The summed E-state index contributed by atoms with van der Waals surface area (Å²) in [7, 11) is 4.33. The number of anilines is 1. The Morgan fingerprint density at radius 2 is 2.10 bits per heavy atom. The van der Waals surface area contributed by atoms with Crippen LogP contribution in [0, 0.1) is 0 Å². The number of hydrogen-bond donors (Lipinski definition) is 0. The summed E-state index contributed by atoms with van der Waals surface area (Å²) in [6, 6.07) is 6.62. The molecule has 1 saturated heterocycles. The number of fused-ring (bicyclic) bond motifs is 1. The van der Waals surface area contributed by atoms with Crippen molar-refractivity contribution in [1.29, 1.82) is 0 Å². The van der Waals surface area contributed by atoms with E-state index in [2.05, 4.69) is 28.3 Å². The van der Waals surface area contributed by atoms with E-state index in [0.717, 1.165) is 30.2 Å². The summed E-state index contributed by atoms with van der Waals surface area (Å²) in [5.74, 6) is 1.51. The molecule has 0 bridgehead atoms. The number of imidazole rings is 1. The van der Waals surface area contributed by atoms with E-state index in [9.17, 15) is 0 Å². The van der Waals surface area contributed by atoms with Crippen LogP contribution in [-0.2, 0) is 5.88 Å². The molecule has 2 aromatic rings. The summed E-state index contributed by atoms with van der Waals surface area (Å²) in [6.45, 7) is 2.30. The molecule has 0 aliphatic carbocycles. The first kappa shape index (κ1) is 13.7. The molecule has 1 aliphatic rings. The lowest BCUT2D eigenvalue weighted by Crippen LogP contribution is -2.42. The predicted octanol–water partition coefficient (Wildman–Crippen LogP) is 2.60. The van der Waals surface area contributed by atoms with E-state index in [1.807, 2.05) is 24.4 Å². The highest BCUT2D eigenvalue weighted by Crippen LogP contribution is 2.26. The standard InChI is InChI=1S/C15H21ClN4/c1-18-9-6-12(7-10-18)19(2)15-13(11-16)20-8-4-3-5-14(20)17-15/h3-5,8,12H,6-7,9-11H2,1-2H3. The van der Waals surface area contributed by atoms with Crippen molar-refractivity contribution >= 4 is 23.1 Å². The van der Waals surface area contributed by atoms with Crippen LogP contribution in [0.2, 0.25) is 0 Å². The zero-order chi connectivity index (χ0) is 14.1. The molecule has 0 saturated carbocycles. The molecule has 0 atom stereocenters. The summed E-state index contributed by atoms with van der Waals surface area (Å²) in [5, 5.41) is 0. The van der Waals surface area contributed by atoms with Gasteiger partial charge in [-0.25, -0.2) is 4.98 Å². The summed E-state index contributed by atoms with van der Waals surface area (Å²) in [6.07, 6.45) is 4.40. The summed E-state index contributed by atoms with van der Waals surface area (Å²) in [5.41, 5.74) is 2.06. The fourth-order valence-electron chi connectivity index (χ4n) is 3.00. The molecule has 1 aliphatic heterocycles. The average molecular weight is 293 g/mol. The molecule has 0 amide bonds. The molecule has 0 aromatic carbocycles. The third-order valence-corrected chi connectivity index (χ3v) is 4.56. The maximum absolute atomic E-state index is 6.16. The Morgan fingerprint density at radius 3 is 2.80 bits per heavy atom. The van der Waals surface area contributed by atoms with Crippen molar-refractivity contribution in [3.63, 3.8) is 0 Å². The van der Waals surface area contributed by atoms with Crippen molar-refractivity contribution in [1.82, 2.24) is 14.3 Å². The minimum atomic E-state index is 0.484. The number of hydrogen-bond acceptors (Lipinski definition) is 3. The minimum Gasteiger partial charge on any atom is -0.355 e. The molecule has 1 fully saturated rings. The van der Waals surface area contributed by atoms with Crippen molar-refractivity contribution in [2.45, 2.75) is 24.8 Å². The molecule has 3 rings (SSSR count). The number of rotatable bonds is 3. The van der Waals surface area contributed by atoms with Crippen LogP contribution in [0.1, 0.15) is 18.5 Å². The van der Waals surface area contributed by atoms with Gasteiger partial charge in [0, 0.05) is 19.3 Å². The second-order valence-corrected chi connectivity index (χ2v) is 5.86. The van der Waals surface area contributed by atoms with Gasteiger partial charge in [0.1, 0.15) is 5.65 Å². The van der Waals surface area contributed by atoms with Gasteiger partial charge in [-0.3, -0.25) is 0 Å². The third-order valence-electron chi connectivity index (χ3n) is 4.30. The van der Waals surface area contributed by atoms with E-state index in [1.165, 1.54) is 12.8 Å². The fourth-order valence-corrected chi connectivity index (χ4v) is 3.24. The maximum Gasteiger partial charge on any atom is 0.152 e. The number of nitrogens with zero attached hydrogens (tertiary/aromatic N) is 4. The average Bonchev–Trinajstić information content (AvgIpc) is 2.85. The second kappa shape index (κ2) is 5.62. The number of pyridine rings is 1. The van der Waals surface area contributed by atoms with Crippen LogP contribution in [0.5, 0.6) is 0 Å². The monoisotopic (exact) mass is 292 g/mol. The number of halogens is 1. The smallest absolute Gasteiger partial charge is 0.152 e. The largest absolute Gasteiger partial charge is 0.355 e. The Kier molecular flexibility index (Phi) is 3.85. The van der Waals surface area contributed by atoms with Gasteiger partial charge < -0.3 is 14.2 Å². The van der Waals surface area contributed by atoms with Crippen molar-refractivity contribution < 1.29 is 0 Å². The zero-order valence-corrected chi connectivity index (χ0v) is 12.8. The van der Waals surface area contributed by atoms with E-state index >= 15 is 0 Å². The van der Waals surface area contributed by atoms with Gasteiger partial charge >= 0.3 is 0 Å². The predicted molar refractivity (Wildman–Crippen MR) is 83.7 cm³/mol. The van der Waals surface area contributed by atoms with Gasteiger partial charge in [-0.05, 0) is 45.1 Å². The van der Waals surface area contributed by atoms with Crippen LogP contribution in [-0.4, -0.2) is 47.5 Å². The maximum atomic E-state index is 6.16. The van der Waals surface area contributed by atoms with Crippen LogP contribution < -0.4 is 4.90 Å². The van der Waals surface area contributed by atoms with Crippen molar-refractivity contribution in [2.24, 2.45) is 0 Å². The Bertz CT molecular complexity index is 587. The van der Waals surface area contributed by atoms with Gasteiger partial charge in [-0.1, -0.05) is 6.07 Å². The third kappa shape index (κ3) is 2.38. The van der Waals surface area contributed by atoms with Gasteiger partial charge in [0.2, 0.25) is 0 Å². The Labute approximate surface area is 125 Å². The molecule has 0 N–H and O–H groups in total. The molecular formula is C15H21ClN4. The number of alkyl halides is 1. The van der Waals surface area contributed by atoms with Crippen molar-refractivity contribution in [3.05, 3.63) is 30.1 Å². The van der Waals surface area contributed by atoms with E-state index in [-0.39, 0.29) is 0 Å². The lowest BCUT2D eigenvalue weighted by atomic mass is 10.0. The minimum absolute atomic E-state index is 0.484. The molecule has 3 heterocycles. The molecule has 5 heteroatoms. The Hall–Kier alpha value is -1.26. The summed E-state index contributed by atoms with van der Waals surface area (Å²) in [4.78, 5) is 9.47. The second-order valence-electron chi connectivity index (χ2n) is 5.59. The van der Waals surface area contributed by atoms with Gasteiger partial charge in [0.25, 0.3) is 0 Å². The number of piperidine rings is 1. The quantitative estimate of drug-likeness (QED) is 0.813. The van der Waals surface area contributed by atoms with Gasteiger partial charge in [-0.2, -0.15) is 0 Å². The van der Waals surface area contributed by atoms with Gasteiger partial charge in [0.05, 0.1) is 11.6 Å². The topological polar surface area (TPSA) is 23.8 Å². The van der Waals surface area contributed by atoms with Gasteiger partial charge in [-0.15, -0.1) is 11.6 Å². The first-order valence-electron chi connectivity index (χ1n) is 7.14. The highest BCUT2D eigenvalue weighted by atomic mass is 35.5. The molecule has 4 nitrogen and oxygen atoms in total. The Balaban J connectivity index is 1.92. The highest BCUT2D eigenvalue weighted by Gasteiger charge is 2.24. The molecule has 108 valence electrons. The Morgan fingerprint density at radius 1 is 1.35 bits per heavy atom. The lowest BCUT2D eigenvalue weighted by molar-refractivity contribution is 0.252. The van der Waals surface area contributed by atoms with Crippen LogP contribution >= 0.6 is 11.6 Å². The van der Waals surface area contributed by atoms with E-state index in [4.69, 9.17) is 16.6 Å².